The molecule has 2 heterocycles. The van der Waals surface area contributed by atoms with E-state index in [1.165, 1.54) is 55.6 Å². The van der Waals surface area contributed by atoms with Gasteiger partial charge in [0.1, 0.15) is 17.2 Å². The quantitative estimate of drug-likeness (QED) is 0.0806. The Balaban J connectivity index is 1.41. The zero-order valence-electron chi connectivity index (χ0n) is 26.3. The number of non-ortho nitro benzene ring substituents is 2. The number of amidine groups is 1. The van der Waals surface area contributed by atoms with E-state index < -0.39 is 15.8 Å². The SMILES string of the molecule is COc1cc([N+](=O)[O-])ccc1Nc1nc(Nc2ccc([N+](=O)[O-])cc2OC)nc(NN2C(=O)C(=Cc3ccccc3)N=C2c2ccccc2)n1. The molecule has 6 rings (SSSR count). The standard InChI is InChI=1S/C33H26N10O7/c1-49-27-18-22(42(45)46)13-15-24(27)35-31-37-32(36-25-16-14-23(43(47)48)19-28(25)50-2)39-33(38-31)40-41-29(21-11-7-4-8-12-21)34-26(30(41)44)17-20-9-5-3-6-10-20/h3-19H,1-2H3,(H3,35,36,37,38,39,40). The number of nitrogens with one attached hydrogen (secondary N) is 3. The van der Waals surface area contributed by atoms with Crippen LogP contribution in [-0.2, 0) is 4.79 Å². The molecule has 0 bridgehead atoms. The van der Waals surface area contributed by atoms with Crippen LogP contribution in [0.25, 0.3) is 6.08 Å². The Morgan fingerprint density at radius 1 is 0.700 bits per heavy atom. The van der Waals surface area contributed by atoms with Gasteiger partial charge in [0.05, 0.1) is 47.6 Å². The molecule has 0 saturated heterocycles. The number of anilines is 5. The number of ether oxygens (including phenoxy) is 2. The Labute approximate surface area is 283 Å². The van der Waals surface area contributed by atoms with Gasteiger partial charge in [-0.1, -0.05) is 60.7 Å². The summed E-state index contributed by atoms with van der Waals surface area (Å²) in [5.41, 5.74) is 4.66. The van der Waals surface area contributed by atoms with Crippen LogP contribution >= 0.6 is 0 Å². The van der Waals surface area contributed by atoms with Gasteiger partial charge in [0.2, 0.25) is 17.8 Å². The largest absolute Gasteiger partial charge is 0.494 e. The van der Waals surface area contributed by atoms with Crippen LogP contribution in [0.1, 0.15) is 11.1 Å². The number of nitrogens with zero attached hydrogens (tertiary/aromatic N) is 7. The lowest BCUT2D eigenvalue weighted by molar-refractivity contribution is -0.385. The fourth-order valence-corrected chi connectivity index (χ4v) is 4.78. The maximum Gasteiger partial charge on any atom is 0.297 e. The number of rotatable bonds is 12. The molecule has 0 unspecified atom stereocenters. The van der Waals surface area contributed by atoms with E-state index in [4.69, 9.17) is 9.47 Å². The van der Waals surface area contributed by atoms with Crippen LogP contribution in [0.5, 0.6) is 11.5 Å². The second-order valence-electron chi connectivity index (χ2n) is 10.3. The number of aromatic nitrogens is 3. The van der Waals surface area contributed by atoms with Gasteiger partial charge < -0.3 is 20.1 Å². The normalized spacial score (nSPS) is 13.1. The van der Waals surface area contributed by atoms with Gasteiger partial charge >= 0.3 is 0 Å². The van der Waals surface area contributed by atoms with Crippen LogP contribution in [0.3, 0.4) is 0 Å². The summed E-state index contributed by atoms with van der Waals surface area (Å²) in [4.78, 5) is 53.4. The first-order chi connectivity index (χ1) is 24.2. The molecule has 17 heteroatoms. The van der Waals surface area contributed by atoms with E-state index in [1.54, 1.807) is 18.2 Å². The number of hydrogen-bond acceptors (Lipinski definition) is 14. The molecule has 250 valence electrons. The average Bonchev–Trinajstić information content (AvgIpc) is 3.42. The fourth-order valence-electron chi connectivity index (χ4n) is 4.78. The van der Waals surface area contributed by atoms with E-state index >= 15 is 0 Å². The number of methoxy groups -OCH3 is 2. The van der Waals surface area contributed by atoms with E-state index in [-0.39, 0.29) is 63.6 Å². The van der Waals surface area contributed by atoms with Crippen LogP contribution in [0.4, 0.5) is 40.6 Å². The Morgan fingerprint density at radius 2 is 1.20 bits per heavy atom. The minimum Gasteiger partial charge on any atom is -0.494 e. The van der Waals surface area contributed by atoms with Gasteiger partial charge in [0, 0.05) is 17.7 Å². The van der Waals surface area contributed by atoms with Crippen LogP contribution in [0.15, 0.2) is 108 Å². The van der Waals surface area contributed by atoms with Crippen LogP contribution in [0.2, 0.25) is 0 Å². The number of carbonyl (C=O) groups is 1. The molecule has 0 atom stereocenters. The highest BCUT2D eigenvalue weighted by molar-refractivity contribution is 6.20. The number of aliphatic imine (C=N–C) groups is 1. The molecule has 4 aromatic carbocycles. The number of benzene rings is 4. The molecule has 0 spiro atoms. The van der Waals surface area contributed by atoms with E-state index in [2.05, 4.69) is 36.0 Å². The molecule has 0 fully saturated rings. The fraction of sp³-hybridized carbons (Fsp3) is 0.0606. The molecule has 0 saturated carbocycles. The lowest BCUT2D eigenvalue weighted by atomic mass is 10.2. The second-order valence-corrected chi connectivity index (χ2v) is 10.3. The molecule has 1 aliphatic heterocycles. The summed E-state index contributed by atoms with van der Waals surface area (Å²) in [5.74, 6) is -0.216. The lowest BCUT2D eigenvalue weighted by Crippen LogP contribution is -2.38. The Bertz CT molecular complexity index is 2080. The number of nitro groups is 2. The summed E-state index contributed by atoms with van der Waals surface area (Å²) in [5, 5.41) is 29.8. The van der Waals surface area contributed by atoms with E-state index in [0.717, 1.165) is 5.56 Å². The highest BCUT2D eigenvalue weighted by atomic mass is 16.6. The van der Waals surface area contributed by atoms with Gasteiger partial charge in [0.15, 0.2) is 5.84 Å². The number of hydrazine groups is 1. The number of amides is 1. The summed E-state index contributed by atoms with van der Waals surface area (Å²) in [7, 11) is 2.70. The van der Waals surface area contributed by atoms with Crippen molar-refractivity contribution in [1.29, 1.82) is 0 Å². The van der Waals surface area contributed by atoms with Crippen molar-refractivity contribution in [2.45, 2.75) is 0 Å². The molecular weight excluding hydrogens is 648 g/mol. The molecule has 5 aromatic rings. The number of hydrogen-bond donors (Lipinski definition) is 3. The second kappa shape index (κ2) is 14.1. The zero-order valence-corrected chi connectivity index (χ0v) is 26.3. The predicted octanol–water partition coefficient (Wildman–Crippen LogP) is 5.85. The highest BCUT2D eigenvalue weighted by Gasteiger charge is 2.32. The third-order valence-corrected chi connectivity index (χ3v) is 7.13. The number of carbonyl (C=O) groups excluding carboxylic acids is 1. The van der Waals surface area contributed by atoms with Crippen LogP contribution in [-0.4, -0.2) is 55.8 Å². The van der Waals surface area contributed by atoms with Crippen molar-refractivity contribution < 1.29 is 24.1 Å². The van der Waals surface area contributed by atoms with Gasteiger partial charge in [-0.05, 0) is 23.8 Å². The molecule has 0 radical (unpaired) electrons. The van der Waals surface area contributed by atoms with Gasteiger partial charge in [-0.3, -0.25) is 30.4 Å². The van der Waals surface area contributed by atoms with Crippen LogP contribution in [0, 0.1) is 20.2 Å². The van der Waals surface area contributed by atoms with Gasteiger partial charge in [-0.25, -0.2) is 4.99 Å². The van der Waals surface area contributed by atoms with Crippen molar-refractivity contribution in [3.63, 3.8) is 0 Å². The summed E-state index contributed by atoms with van der Waals surface area (Å²) in [6.07, 6.45) is 1.65. The monoisotopic (exact) mass is 674 g/mol. The highest BCUT2D eigenvalue weighted by Crippen LogP contribution is 2.33. The molecule has 50 heavy (non-hydrogen) atoms. The molecule has 17 nitrogen and oxygen atoms in total. The molecule has 1 aliphatic rings. The zero-order chi connectivity index (χ0) is 35.2. The summed E-state index contributed by atoms with van der Waals surface area (Å²) in [6, 6.07) is 26.1. The average molecular weight is 675 g/mol. The van der Waals surface area contributed by atoms with E-state index in [1.807, 2.05) is 48.5 Å². The van der Waals surface area contributed by atoms with Gasteiger partial charge in [-0.15, -0.1) is 0 Å². The van der Waals surface area contributed by atoms with Gasteiger partial charge in [-0.2, -0.15) is 20.0 Å². The first-order valence-electron chi connectivity index (χ1n) is 14.7. The van der Waals surface area contributed by atoms with Crippen molar-refractivity contribution in [1.82, 2.24) is 20.0 Å². The van der Waals surface area contributed by atoms with Crippen molar-refractivity contribution in [2.75, 3.05) is 30.3 Å². The summed E-state index contributed by atoms with van der Waals surface area (Å²) >= 11 is 0. The van der Waals surface area contributed by atoms with E-state index in [9.17, 15) is 25.0 Å². The van der Waals surface area contributed by atoms with Crippen molar-refractivity contribution in [2.24, 2.45) is 4.99 Å². The number of nitro benzene ring substituents is 2. The van der Waals surface area contributed by atoms with Gasteiger partial charge in [0.25, 0.3) is 17.3 Å². The third-order valence-electron chi connectivity index (χ3n) is 7.13. The van der Waals surface area contributed by atoms with Crippen molar-refractivity contribution in [3.05, 3.63) is 134 Å². The van der Waals surface area contributed by atoms with Crippen LogP contribution < -0.4 is 25.5 Å². The molecule has 3 N–H and O–H groups in total. The first-order valence-corrected chi connectivity index (χ1v) is 14.7. The summed E-state index contributed by atoms with van der Waals surface area (Å²) in [6.45, 7) is 0. The maximum absolute atomic E-state index is 13.8. The molecule has 0 aliphatic carbocycles. The minimum absolute atomic E-state index is 0.0667. The minimum atomic E-state index is -0.559. The van der Waals surface area contributed by atoms with Crippen molar-refractivity contribution in [3.8, 4) is 11.5 Å². The topological polar surface area (TPSA) is 212 Å². The Kier molecular flexibility index (Phi) is 9.19. The third kappa shape index (κ3) is 7.10. The first kappa shape index (κ1) is 32.5. The van der Waals surface area contributed by atoms with E-state index in [0.29, 0.717) is 5.56 Å². The maximum atomic E-state index is 13.8. The Morgan fingerprint density at radius 3 is 1.70 bits per heavy atom. The van der Waals surface area contributed by atoms with Crippen molar-refractivity contribution >= 4 is 58.4 Å². The smallest absolute Gasteiger partial charge is 0.297 e. The predicted molar refractivity (Wildman–Crippen MR) is 184 cm³/mol. The summed E-state index contributed by atoms with van der Waals surface area (Å²) < 4.78 is 10.7. The molecule has 1 aromatic heterocycles. The molecule has 1 amide bonds. The lowest BCUT2D eigenvalue weighted by Gasteiger charge is -2.20. The molecular formula is C33H26N10O7. The Hall–Kier alpha value is -7.43.